The highest BCUT2D eigenvalue weighted by Gasteiger charge is 2.34. The number of nitrogens with zero attached hydrogens (tertiary/aromatic N) is 2. The summed E-state index contributed by atoms with van der Waals surface area (Å²) in [5.41, 5.74) is 0.876. The maximum atomic E-state index is 12.7. The lowest BCUT2D eigenvalue weighted by Gasteiger charge is -2.41. The van der Waals surface area contributed by atoms with E-state index in [0.717, 1.165) is 5.69 Å². The lowest BCUT2D eigenvalue weighted by Crippen LogP contribution is -2.56. The molecule has 2 heterocycles. The predicted molar refractivity (Wildman–Crippen MR) is 79.0 cm³/mol. The van der Waals surface area contributed by atoms with Crippen LogP contribution in [0.5, 0.6) is 0 Å². The summed E-state index contributed by atoms with van der Waals surface area (Å²) < 4.78 is 26.9. The molecule has 114 valence electrons. The largest absolute Gasteiger partial charge is 0.363 e. The number of hydrogen-bond acceptors (Lipinski definition) is 4. The first-order chi connectivity index (χ1) is 9.36. The first kappa shape index (κ1) is 15.5. The third kappa shape index (κ3) is 2.90. The van der Waals surface area contributed by atoms with E-state index in [1.807, 2.05) is 14.1 Å². The summed E-state index contributed by atoms with van der Waals surface area (Å²) in [6.45, 7) is 5.82. The second kappa shape index (κ2) is 5.85. The Morgan fingerprint density at radius 2 is 1.95 bits per heavy atom. The SMILES string of the molecule is CNCc1cc(S(=O)(=O)N2CC(C)N(C)C(C)C2)c[nH]1. The van der Waals surface area contributed by atoms with Crippen LogP contribution in [0.2, 0.25) is 0 Å². The third-order valence-electron chi connectivity index (χ3n) is 4.05. The summed E-state index contributed by atoms with van der Waals surface area (Å²) in [4.78, 5) is 5.58. The molecule has 0 radical (unpaired) electrons. The molecule has 0 spiro atoms. The Morgan fingerprint density at radius 1 is 1.35 bits per heavy atom. The first-order valence-electron chi connectivity index (χ1n) is 6.90. The molecule has 20 heavy (non-hydrogen) atoms. The molecule has 1 fully saturated rings. The Morgan fingerprint density at radius 3 is 2.50 bits per heavy atom. The second-order valence-electron chi connectivity index (χ2n) is 5.58. The van der Waals surface area contributed by atoms with Crippen molar-refractivity contribution in [2.75, 3.05) is 27.2 Å². The Labute approximate surface area is 121 Å². The summed E-state index contributed by atoms with van der Waals surface area (Å²) in [5.74, 6) is 0. The number of rotatable bonds is 4. The molecule has 0 saturated carbocycles. The molecule has 1 aromatic heterocycles. The maximum Gasteiger partial charge on any atom is 0.244 e. The molecule has 2 unspecified atom stereocenters. The van der Waals surface area contributed by atoms with Gasteiger partial charge in [0.05, 0.1) is 4.90 Å². The monoisotopic (exact) mass is 300 g/mol. The number of sulfonamides is 1. The molecule has 1 aromatic rings. The van der Waals surface area contributed by atoms with E-state index < -0.39 is 10.0 Å². The highest BCUT2D eigenvalue weighted by Crippen LogP contribution is 2.22. The molecule has 1 aliphatic heterocycles. The average Bonchev–Trinajstić information content (AvgIpc) is 2.85. The molecule has 1 aliphatic rings. The molecule has 0 aliphatic carbocycles. The van der Waals surface area contributed by atoms with Gasteiger partial charge in [0.2, 0.25) is 10.0 Å². The van der Waals surface area contributed by atoms with Crippen LogP contribution in [0.3, 0.4) is 0 Å². The van der Waals surface area contributed by atoms with Crippen molar-refractivity contribution in [2.24, 2.45) is 0 Å². The van der Waals surface area contributed by atoms with Crippen molar-refractivity contribution in [1.82, 2.24) is 19.5 Å². The zero-order valence-corrected chi connectivity index (χ0v) is 13.4. The summed E-state index contributed by atoms with van der Waals surface area (Å²) in [7, 11) is 0.473. The van der Waals surface area contributed by atoms with Crippen LogP contribution in [-0.4, -0.2) is 61.9 Å². The summed E-state index contributed by atoms with van der Waals surface area (Å²) >= 11 is 0. The summed E-state index contributed by atoms with van der Waals surface area (Å²) in [6.07, 6.45) is 1.58. The number of nitrogens with one attached hydrogen (secondary N) is 2. The molecule has 1 saturated heterocycles. The lowest BCUT2D eigenvalue weighted by atomic mass is 10.1. The van der Waals surface area contributed by atoms with Crippen LogP contribution in [0.15, 0.2) is 17.2 Å². The lowest BCUT2D eigenvalue weighted by molar-refractivity contribution is 0.105. The Kier molecular flexibility index (Phi) is 4.53. The van der Waals surface area contributed by atoms with Gasteiger partial charge in [-0.3, -0.25) is 4.90 Å². The minimum absolute atomic E-state index is 0.226. The highest BCUT2D eigenvalue weighted by atomic mass is 32.2. The van der Waals surface area contributed by atoms with Gasteiger partial charge in [-0.1, -0.05) is 0 Å². The number of H-pyrrole nitrogens is 1. The van der Waals surface area contributed by atoms with Gasteiger partial charge in [-0.15, -0.1) is 0 Å². The van der Waals surface area contributed by atoms with Crippen molar-refractivity contribution < 1.29 is 8.42 Å². The molecule has 2 atom stereocenters. The molecular formula is C13H24N4O2S. The van der Waals surface area contributed by atoms with Crippen LogP contribution in [0, 0.1) is 0 Å². The first-order valence-corrected chi connectivity index (χ1v) is 8.34. The van der Waals surface area contributed by atoms with Gasteiger partial charge in [0.15, 0.2) is 0 Å². The quantitative estimate of drug-likeness (QED) is 0.847. The molecule has 0 aromatic carbocycles. The van der Waals surface area contributed by atoms with E-state index in [-0.39, 0.29) is 12.1 Å². The van der Waals surface area contributed by atoms with E-state index in [4.69, 9.17) is 0 Å². The van der Waals surface area contributed by atoms with Crippen molar-refractivity contribution in [3.63, 3.8) is 0 Å². The van der Waals surface area contributed by atoms with Crippen LogP contribution in [0.1, 0.15) is 19.5 Å². The van der Waals surface area contributed by atoms with Gasteiger partial charge in [0.1, 0.15) is 0 Å². The zero-order valence-electron chi connectivity index (χ0n) is 12.5. The fourth-order valence-corrected chi connectivity index (χ4v) is 4.18. The third-order valence-corrected chi connectivity index (χ3v) is 5.86. The van der Waals surface area contributed by atoms with Crippen molar-refractivity contribution in [3.05, 3.63) is 18.0 Å². The Hall–Kier alpha value is -0.890. The van der Waals surface area contributed by atoms with Crippen molar-refractivity contribution in [2.45, 2.75) is 37.4 Å². The smallest absolute Gasteiger partial charge is 0.244 e. The molecule has 2 rings (SSSR count). The zero-order chi connectivity index (χ0) is 14.9. The van der Waals surface area contributed by atoms with Crippen molar-refractivity contribution >= 4 is 10.0 Å². The number of aromatic amines is 1. The Balaban J connectivity index is 2.21. The predicted octanol–water partition coefficient (Wildman–Crippen LogP) is 0.447. The average molecular weight is 300 g/mol. The number of aromatic nitrogens is 1. The van der Waals surface area contributed by atoms with Gasteiger partial charge in [-0.2, -0.15) is 4.31 Å². The van der Waals surface area contributed by atoms with Gasteiger partial charge in [0, 0.05) is 43.6 Å². The van der Waals surface area contributed by atoms with Gasteiger partial charge >= 0.3 is 0 Å². The van der Waals surface area contributed by atoms with Gasteiger partial charge in [-0.25, -0.2) is 8.42 Å². The van der Waals surface area contributed by atoms with E-state index in [9.17, 15) is 8.42 Å². The van der Waals surface area contributed by atoms with E-state index >= 15 is 0 Å². The van der Waals surface area contributed by atoms with Gasteiger partial charge < -0.3 is 10.3 Å². The number of piperazine rings is 1. The molecule has 0 amide bonds. The van der Waals surface area contributed by atoms with E-state index in [0.29, 0.717) is 24.5 Å². The topological polar surface area (TPSA) is 68.4 Å². The van der Waals surface area contributed by atoms with Crippen LogP contribution in [0.25, 0.3) is 0 Å². The van der Waals surface area contributed by atoms with Crippen molar-refractivity contribution in [1.29, 1.82) is 0 Å². The molecule has 6 nitrogen and oxygen atoms in total. The van der Waals surface area contributed by atoms with Crippen molar-refractivity contribution in [3.8, 4) is 0 Å². The van der Waals surface area contributed by atoms with Crippen LogP contribution < -0.4 is 5.32 Å². The summed E-state index contributed by atoms with van der Waals surface area (Å²) in [6, 6.07) is 2.16. The number of hydrogen-bond donors (Lipinski definition) is 2. The van der Waals surface area contributed by atoms with Crippen LogP contribution >= 0.6 is 0 Å². The van der Waals surface area contributed by atoms with Gasteiger partial charge in [-0.05, 0) is 34.0 Å². The molecule has 0 bridgehead atoms. The summed E-state index contributed by atoms with van der Waals surface area (Å²) in [5, 5.41) is 3.00. The fourth-order valence-electron chi connectivity index (χ4n) is 2.56. The normalized spacial score (nSPS) is 26.0. The minimum Gasteiger partial charge on any atom is -0.363 e. The van der Waals surface area contributed by atoms with Gasteiger partial charge in [0.25, 0.3) is 0 Å². The van der Waals surface area contributed by atoms with Crippen LogP contribution in [0.4, 0.5) is 0 Å². The van der Waals surface area contributed by atoms with Crippen LogP contribution in [-0.2, 0) is 16.6 Å². The second-order valence-corrected chi connectivity index (χ2v) is 7.51. The minimum atomic E-state index is -3.40. The molecule has 7 heteroatoms. The Bertz CT molecular complexity index is 542. The van der Waals surface area contributed by atoms with E-state index in [1.54, 1.807) is 16.6 Å². The maximum absolute atomic E-state index is 12.7. The molecule has 2 N–H and O–H groups in total. The van der Waals surface area contributed by atoms with E-state index in [1.165, 1.54) is 0 Å². The molecular weight excluding hydrogens is 276 g/mol. The van der Waals surface area contributed by atoms with E-state index in [2.05, 4.69) is 29.0 Å². The standard InChI is InChI=1S/C13H24N4O2S/c1-10-8-17(9-11(2)16(10)4)20(18,19)13-5-12(6-14-3)15-7-13/h5,7,10-11,14-15H,6,8-9H2,1-4H3. The fraction of sp³-hybridized carbons (Fsp3) is 0.692. The number of likely N-dealkylation sites (N-methyl/N-ethyl adjacent to an activating group) is 1. The highest BCUT2D eigenvalue weighted by molar-refractivity contribution is 7.89.